The van der Waals surface area contributed by atoms with E-state index in [4.69, 9.17) is 0 Å². The van der Waals surface area contributed by atoms with Crippen molar-refractivity contribution in [1.29, 1.82) is 0 Å². The normalized spacial score (nSPS) is 27.2. The van der Waals surface area contributed by atoms with E-state index in [1.54, 1.807) is 19.2 Å². The lowest BCUT2D eigenvalue weighted by Crippen LogP contribution is -2.52. The van der Waals surface area contributed by atoms with Gasteiger partial charge in [-0.05, 0) is 50.1 Å². The number of likely N-dealkylation sites (N-methyl/N-ethyl adjacent to an activating group) is 1. The molecule has 0 aliphatic carbocycles. The van der Waals surface area contributed by atoms with Gasteiger partial charge in [0.25, 0.3) is 0 Å². The van der Waals surface area contributed by atoms with Gasteiger partial charge in [0.15, 0.2) is 5.78 Å². The van der Waals surface area contributed by atoms with E-state index in [0.29, 0.717) is 13.0 Å². The molecule has 1 aromatic heterocycles. The van der Waals surface area contributed by atoms with Crippen molar-refractivity contribution in [2.45, 2.75) is 51.6 Å². The van der Waals surface area contributed by atoms with Crippen molar-refractivity contribution < 1.29 is 19.5 Å². The minimum atomic E-state index is -0.796. The van der Waals surface area contributed by atoms with Crippen LogP contribution in [0.2, 0.25) is 0 Å². The minimum absolute atomic E-state index is 0.0124. The van der Waals surface area contributed by atoms with Crippen LogP contribution >= 0.6 is 0 Å². The number of Topliss-reactive ketones (excluding diaryl/α,β-unsaturated/α-hetero) is 2. The number of amides is 1. The summed E-state index contributed by atoms with van der Waals surface area (Å²) in [4.78, 5) is 44.1. The number of phenols is 1. The van der Waals surface area contributed by atoms with Crippen LogP contribution in [0.1, 0.15) is 50.4 Å². The largest absolute Gasteiger partial charge is 0.508 e. The Morgan fingerprint density at radius 3 is 2.77 bits per heavy atom. The van der Waals surface area contributed by atoms with Gasteiger partial charge in [0, 0.05) is 36.0 Å². The third-order valence-electron chi connectivity index (χ3n) is 6.69. The van der Waals surface area contributed by atoms with E-state index in [1.165, 1.54) is 11.8 Å². The number of H-pyrrole nitrogens is 1. The van der Waals surface area contributed by atoms with Crippen molar-refractivity contribution >= 4 is 28.4 Å². The highest BCUT2D eigenvalue weighted by Gasteiger charge is 2.48. The van der Waals surface area contributed by atoms with Crippen molar-refractivity contribution in [3.05, 3.63) is 29.5 Å². The topological polar surface area (TPSA) is 102 Å². The number of rotatable bonds is 4. The van der Waals surface area contributed by atoms with E-state index in [1.807, 2.05) is 13.0 Å². The van der Waals surface area contributed by atoms with Gasteiger partial charge in [0.05, 0.1) is 12.0 Å². The van der Waals surface area contributed by atoms with Crippen molar-refractivity contribution in [1.82, 2.24) is 15.2 Å². The number of aromatic nitrogens is 1. The number of hydrogen-bond donors (Lipinski definition) is 3. The molecule has 4 atom stereocenters. The van der Waals surface area contributed by atoms with E-state index >= 15 is 0 Å². The SMILES string of the molecule is CCCC1CC(=O)N(C)C(C(C)=O)C(C2NCCc3c2[nH]c2ccc(O)cc32)C1=O. The highest BCUT2D eigenvalue weighted by Crippen LogP contribution is 2.40. The molecular weight excluding hydrogens is 382 g/mol. The maximum atomic E-state index is 13.7. The smallest absolute Gasteiger partial charge is 0.223 e. The summed E-state index contributed by atoms with van der Waals surface area (Å²) in [7, 11) is 1.63. The zero-order chi connectivity index (χ0) is 21.6. The number of nitrogens with one attached hydrogen (secondary N) is 2. The molecule has 1 fully saturated rings. The molecule has 7 nitrogen and oxygen atoms in total. The molecule has 0 bridgehead atoms. The number of carbonyl (C=O) groups excluding carboxylic acids is 3. The molecule has 0 saturated carbocycles. The van der Waals surface area contributed by atoms with Gasteiger partial charge in [-0.2, -0.15) is 0 Å². The molecule has 4 unspecified atom stereocenters. The molecule has 3 heterocycles. The van der Waals surface area contributed by atoms with Gasteiger partial charge < -0.3 is 20.3 Å². The highest BCUT2D eigenvalue weighted by atomic mass is 16.3. The van der Waals surface area contributed by atoms with Gasteiger partial charge in [-0.15, -0.1) is 0 Å². The molecular formula is C23H29N3O4. The molecule has 2 aromatic rings. The van der Waals surface area contributed by atoms with Crippen LogP contribution in [0, 0.1) is 11.8 Å². The molecule has 0 radical (unpaired) electrons. The first-order valence-electron chi connectivity index (χ1n) is 10.7. The van der Waals surface area contributed by atoms with Crippen LogP contribution in [-0.2, 0) is 20.8 Å². The van der Waals surface area contributed by atoms with Gasteiger partial charge >= 0.3 is 0 Å². The molecule has 4 rings (SSSR count). The van der Waals surface area contributed by atoms with Crippen LogP contribution in [0.3, 0.4) is 0 Å². The number of nitrogens with zero attached hydrogens (tertiary/aromatic N) is 1. The number of likely N-dealkylation sites (tertiary alicyclic amines) is 1. The summed E-state index contributed by atoms with van der Waals surface area (Å²) < 4.78 is 0. The summed E-state index contributed by atoms with van der Waals surface area (Å²) >= 11 is 0. The number of aromatic amines is 1. The second-order valence-electron chi connectivity index (χ2n) is 8.61. The average molecular weight is 412 g/mol. The number of ketones is 2. The van der Waals surface area contributed by atoms with Gasteiger partial charge in [0.1, 0.15) is 17.6 Å². The number of carbonyl (C=O) groups is 3. The Morgan fingerprint density at radius 2 is 2.07 bits per heavy atom. The van der Waals surface area contributed by atoms with Crippen molar-refractivity contribution in [3.63, 3.8) is 0 Å². The van der Waals surface area contributed by atoms with Gasteiger partial charge in [0.2, 0.25) is 5.91 Å². The zero-order valence-corrected chi connectivity index (χ0v) is 17.7. The summed E-state index contributed by atoms with van der Waals surface area (Å²) in [6, 6.07) is 4.01. The highest BCUT2D eigenvalue weighted by molar-refractivity contribution is 5.99. The summed E-state index contributed by atoms with van der Waals surface area (Å²) in [6.45, 7) is 4.12. The van der Waals surface area contributed by atoms with Crippen LogP contribution < -0.4 is 5.32 Å². The van der Waals surface area contributed by atoms with Crippen LogP contribution in [0.5, 0.6) is 5.75 Å². The molecule has 2 aliphatic rings. The fourth-order valence-corrected chi connectivity index (χ4v) is 5.30. The predicted octanol–water partition coefficient (Wildman–Crippen LogP) is 2.48. The zero-order valence-electron chi connectivity index (χ0n) is 17.7. The lowest BCUT2D eigenvalue weighted by atomic mass is 9.77. The van der Waals surface area contributed by atoms with Crippen LogP contribution in [-0.4, -0.2) is 52.1 Å². The lowest BCUT2D eigenvalue weighted by Gasteiger charge is -2.37. The van der Waals surface area contributed by atoms with E-state index in [2.05, 4.69) is 10.3 Å². The number of phenolic OH excluding ortho intramolecular Hbond substituents is 1. The fraction of sp³-hybridized carbons (Fsp3) is 0.522. The molecule has 1 saturated heterocycles. The van der Waals surface area contributed by atoms with E-state index in [9.17, 15) is 19.5 Å². The molecule has 1 amide bonds. The van der Waals surface area contributed by atoms with Gasteiger partial charge in [-0.3, -0.25) is 14.4 Å². The first-order valence-corrected chi connectivity index (χ1v) is 10.7. The Bertz CT molecular complexity index is 1010. The Morgan fingerprint density at radius 1 is 1.30 bits per heavy atom. The van der Waals surface area contributed by atoms with Gasteiger partial charge in [-0.25, -0.2) is 0 Å². The third-order valence-corrected chi connectivity index (χ3v) is 6.69. The summed E-state index contributed by atoms with van der Waals surface area (Å²) in [6.07, 6.45) is 2.36. The number of hydrogen-bond acceptors (Lipinski definition) is 5. The summed E-state index contributed by atoms with van der Waals surface area (Å²) in [5, 5.41) is 14.3. The Balaban J connectivity index is 1.86. The molecule has 3 N–H and O–H groups in total. The lowest BCUT2D eigenvalue weighted by molar-refractivity contribution is -0.139. The first-order chi connectivity index (χ1) is 14.3. The number of fused-ring (bicyclic) bond motifs is 3. The Labute approximate surface area is 175 Å². The fourth-order valence-electron chi connectivity index (χ4n) is 5.30. The molecule has 1 aromatic carbocycles. The standard InChI is InChI=1S/C23H29N3O4/c1-4-5-13-10-18(29)26(3)22(12(2)27)19(23(13)30)21-20-15(8-9-24-21)16-11-14(28)6-7-17(16)25-20/h6-7,11,13,19,21-22,24-25,28H,4-5,8-10H2,1-3H3. The van der Waals surface area contributed by atoms with Crippen LogP contribution in [0.25, 0.3) is 10.9 Å². The summed E-state index contributed by atoms with van der Waals surface area (Å²) in [5.41, 5.74) is 2.83. The van der Waals surface area contributed by atoms with E-state index < -0.39 is 18.0 Å². The first kappa shape index (κ1) is 20.6. The maximum Gasteiger partial charge on any atom is 0.223 e. The molecule has 30 heavy (non-hydrogen) atoms. The minimum Gasteiger partial charge on any atom is -0.508 e. The average Bonchev–Trinajstić information content (AvgIpc) is 3.04. The van der Waals surface area contributed by atoms with Crippen LogP contribution in [0.15, 0.2) is 18.2 Å². The monoisotopic (exact) mass is 411 g/mol. The number of aromatic hydroxyl groups is 1. The molecule has 0 spiro atoms. The molecule has 160 valence electrons. The Hall–Kier alpha value is -2.67. The Kier molecular flexibility index (Phi) is 5.40. The number of benzene rings is 1. The van der Waals surface area contributed by atoms with Crippen molar-refractivity contribution in [2.75, 3.05) is 13.6 Å². The van der Waals surface area contributed by atoms with E-state index in [-0.39, 0.29) is 35.6 Å². The molecule has 7 heteroatoms. The summed E-state index contributed by atoms with van der Waals surface area (Å²) in [5.74, 6) is -1.18. The van der Waals surface area contributed by atoms with Gasteiger partial charge in [-0.1, -0.05) is 13.3 Å². The second kappa shape index (κ2) is 7.87. The second-order valence-corrected chi connectivity index (χ2v) is 8.61. The maximum absolute atomic E-state index is 13.7. The van der Waals surface area contributed by atoms with Crippen LogP contribution in [0.4, 0.5) is 0 Å². The quantitative estimate of drug-likeness (QED) is 0.717. The van der Waals surface area contributed by atoms with Crippen molar-refractivity contribution in [3.8, 4) is 5.75 Å². The molecule has 2 aliphatic heterocycles. The van der Waals surface area contributed by atoms with E-state index in [0.717, 1.165) is 35.0 Å². The van der Waals surface area contributed by atoms with Crippen molar-refractivity contribution in [2.24, 2.45) is 11.8 Å². The predicted molar refractivity (Wildman–Crippen MR) is 113 cm³/mol. The third kappa shape index (κ3) is 3.31.